The lowest BCUT2D eigenvalue weighted by molar-refractivity contribution is -0.394. The fourth-order valence-electron chi connectivity index (χ4n) is 2.88. The van der Waals surface area contributed by atoms with Crippen LogP contribution < -0.4 is 10.7 Å². The largest absolute Gasteiger partial charge is 0.326 e. The molecule has 2 amide bonds. The number of carbonyl (C=O) groups is 2. The van der Waals surface area contributed by atoms with Crippen molar-refractivity contribution in [2.75, 3.05) is 5.32 Å². The zero-order chi connectivity index (χ0) is 23.1. The SMILES string of the molecule is CC(CC(=O)Nc1cc(C)cc(C)c1)=NNC(=O)Cc1ccc([N+](=O)[O-])cc1[N+](=O)[O-]. The second kappa shape index (κ2) is 10.1. The van der Waals surface area contributed by atoms with E-state index >= 15 is 0 Å². The molecule has 0 saturated carbocycles. The molecule has 0 aliphatic carbocycles. The van der Waals surface area contributed by atoms with Gasteiger partial charge >= 0.3 is 0 Å². The molecule has 0 spiro atoms. The molecule has 0 heterocycles. The molecule has 0 aliphatic rings. The quantitative estimate of drug-likeness (QED) is 0.374. The van der Waals surface area contributed by atoms with Crippen molar-refractivity contribution in [3.8, 4) is 0 Å². The number of carbonyl (C=O) groups excluding carboxylic acids is 2. The number of nitrogens with zero attached hydrogens (tertiary/aromatic N) is 3. The van der Waals surface area contributed by atoms with Crippen LogP contribution in [0.1, 0.15) is 30.0 Å². The number of hydrogen-bond acceptors (Lipinski definition) is 7. The van der Waals surface area contributed by atoms with Gasteiger partial charge in [-0.25, -0.2) is 5.43 Å². The number of benzene rings is 2. The molecule has 11 nitrogen and oxygen atoms in total. The van der Waals surface area contributed by atoms with Gasteiger partial charge in [0.15, 0.2) is 0 Å². The van der Waals surface area contributed by atoms with E-state index in [0.717, 1.165) is 29.3 Å². The number of hydrogen-bond donors (Lipinski definition) is 2. The number of aryl methyl sites for hydroxylation is 2. The Balaban J connectivity index is 1.97. The third-order valence-electron chi connectivity index (χ3n) is 4.12. The van der Waals surface area contributed by atoms with Crippen LogP contribution in [0.25, 0.3) is 0 Å². The van der Waals surface area contributed by atoms with Crippen LogP contribution in [0, 0.1) is 34.1 Å². The number of nitro groups is 2. The number of non-ortho nitro benzene ring substituents is 1. The lowest BCUT2D eigenvalue weighted by Crippen LogP contribution is -2.23. The van der Waals surface area contributed by atoms with Crippen LogP contribution in [-0.4, -0.2) is 27.4 Å². The predicted molar refractivity (Wildman–Crippen MR) is 114 cm³/mol. The van der Waals surface area contributed by atoms with Crippen molar-refractivity contribution < 1.29 is 19.4 Å². The van der Waals surface area contributed by atoms with Gasteiger partial charge in [-0.2, -0.15) is 5.10 Å². The molecule has 162 valence electrons. The fourth-order valence-corrected chi connectivity index (χ4v) is 2.88. The van der Waals surface area contributed by atoms with E-state index in [4.69, 9.17) is 0 Å². The summed E-state index contributed by atoms with van der Waals surface area (Å²) < 4.78 is 0. The Bertz CT molecular complexity index is 1060. The average Bonchev–Trinajstić information content (AvgIpc) is 2.65. The lowest BCUT2D eigenvalue weighted by Gasteiger charge is -2.08. The molecular formula is C20H21N5O6. The van der Waals surface area contributed by atoms with E-state index in [-0.39, 0.29) is 17.9 Å². The molecule has 2 aromatic rings. The molecule has 0 aliphatic heterocycles. The standard InChI is InChI=1S/C20H21N5O6/c1-12-6-13(2)8-16(7-12)21-19(26)9-14(3)22-23-20(27)10-15-4-5-17(24(28)29)11-18(15)25(30)31/h4-8,11H,9-10H2,1-3H3,(H,21,26)(H,23,27). The number of rotatable bonds is 8. The van der Waals surface area contributed by atoms with Crippen molar-refractivity contribution in [3.05, 3.63) is 73.3 Å². The van der Waals surface area contributed by atoms with Crippen LogP contribution in [0.2, 0.25) is 0 Å². The Labute approximate surface area is 177 Å². The van der Waals surface area contributed by atoms with E-state index in [2.05, 4.69) is 15.8 Å². The highest BCUT2D eigenvalue weighted by atomic mass is 16.6. The summed E-state index contributed by atoms with van der Waals surface area (Å²) in [4.78, 5) is 44.6. The van der Waals surface area contributed by atoms with E-state index in [1.54, 1.807) is 6.92 Å². The Hall–Kier alpha value is -4.15. The summed E-state index contributed by atoms with van der Waals surface area (Å²) in [6, 6.07) is 8.68. The maximum absolute atomic E-state index is 12.2. The molecule has 0 unspecified atom stereocenters. The maximum atomic E-state index is 12.2. The summed E-state index contributed by atoms with van der Waals surface area (Å²) in [5.74, 6) is -0.975. The van der Waals surface area contributed by atoms with Gasteiger partial charge in [0, 0.05) is 23.0 Å². The average molecular weight is 427 g/mol. The van der Waals surface area contributed by atoms with Gasteiger partial charge in [-0.3, -0.25) is 29.8 Å². The highest BCUT2D eigenvalue weighted by Crippen LogP contribution is 2.25. The molecule has 2 N–H and O–H groups in total. The first kappa shape index (κ1) is 23.1. The Kier molecular flexibility index (Phi) is 7.50. The predicted octanol–water partition coefficient (Wildman–Crippen LogP) is 3.18. The van der Waals surface area contributed by atoms with Gasteiger partial charge in [0.1, 0.15) is 0 Å². The monoisotopic (exact) mass is 427 g/mol. The minimum Gasteiger partial charge on any atom is -0.326 e. The smallest absolute Gasteiger partial charge is 0.279 e. The Morgan fingerprint density at radius 2 is 1.61 bits per heavy atom. The molecule has 2 aromatic carbocycles. The maximum Gasteiger partial charge on any atom is 0.279 e. The zero-order valence-corrected chi connectivity index (χ0v) is 17.2. The van der Waals surface area contributed by atoms with Gasteiger partial charge in [-0.05, 0) is 50.1 Å². The normalized spacial score (nSPS) is 11.0. The summed E-state index contributed by atoms with van der Waals surface area (Å²) in [7, 11) is 0. The Morgan fingerprint density at radius 1 is 0.968 bits per heavy atom. The van der Waals surface area contributed by atoms with E-state index in [9.17, 15) is 29.8 Å². The molecule has 0 bridgehead atoms. The van der Waals surface area contributed by atoms with E-state index in [1.807, 2.05) is 32.0 Å². The van der Waals surface area contributed by atoms with Crippen molar-refractivity contribution >= 4 is 34.6 Å². The molecule has 11 heteroatoms. The van der Waals surface area contributed by atoms with Crippen molar-refractivity contribution in [1.29, 1.82) is 0 Å². The first-order valence-corrected chi connectivity index (χ1v) is 9.17. The van der Waals surface area contributed by atoms with Crippen molar-refractivity contribution in [1.82, 2.24) is 5.43 Å². The van der Waals surface area contributed by atoms with Crippen molar-refractivity contribution in [2.24, 2.45) is 5.10 Å². The zero-order valence-electron chi connectivity index (χ0n) is 17.2. The molecule has 31 heavy (non-hydrogen) atoms. The molecule has 2 rings (SSSR count). The number of nitrogens with one attached hydrogen (secondary N) is 2. The highest BCUT2D eigenvalue weighted by Gasteiger charge is 2.21. The molecular weight excluding hydrogens is 406 g/mol. The topological polar surface area (TPSA) is 157 Å². The van der Waals surface area contributed by atoms with Gasteiger partial charge in [-0.1, -0.05) is 6.07 Å². The third-order valence-corrected chi connectivity index (χ3v) is 4.12. The van der Waals surface area contributed by atoms with Crippen molar-refractivity contribution in [2.45, 2.75) is 33.6 Å². The van der Waals surface area contributed by atoms with Gasteiger partial charge in [0.25, 0.3) is 11.4 Å². The van der Waals surface area contributed by atoms with Crippen LogP contribution in [-0.2, 0) is 16.0 Å². The van der Waals surface area contributed by atoms with Gasteiger partial charge in [0.05, 0.1) is 28.8 Å². The molecule has 0 fully saturated rings. The number of anilines is 1. The molecule has 0 radical (unpaired) electrons. The van der Waals surface area contributed by atoms with Crippen LogP contribution >= 0.6 is 0 Å². The molecule has 0 aromatic heterocycles. The van der Waals surface area contributed by atoms with Crippen LogP contribution in [0.4, 0.5) is 17.1 Å². The third kappa shape index (κ3) is 6.99. The highest BCUT2D eigenvalue weighted by molar-refractivity contribution is 6.05. The van der Waals surface area contributed by atoms with Gasteiger partial charge < -0.3 is 5.32 Å². The van der Waals surface area contributed by atoms with E-state index < -0.39 is 33.5 Å². The van der Waals surface area contributed by atoms with Crippen LogP contribution in [0.15, 0.2) is 41.5 Å². The minimum atomic E-state index is -0.790. The van der Waals surface area contributed by atoms with Crippen molar-refractivity contribution in [3.63, 3.8) is 0 Å². The first-order chi connectivity index (χ1) is 14.5. The van der Waals surface area contributed by atoms with Gasteiger partial charge in [0.2, 0.25) is 11.8 Å². The van der Waals surface area contributed by atoms with Gasteiger partial charge in [-0.15, -0.1) is 0 Å². The second-order valence-electron chi connectivity index (χ2n) is 6.99. The van der Waals surface area contributed by atoms with Crippen LogP contribution in [0.5, 0.6) is 0 Å². The number of amides is 2. The number of hydrazone groups is 1. The van der Waals surface area contributed by atoms with Crippen LogP contribution in [0.3, 0.4) is 0 Å². The Morgan fingerprint density at radius 3 is 2.19 bits per heavy atom. The molecule has 0 saturated heterocycles. The minimum absolute atomic E-state index is 0.00788. The fraction of sp³-hybridized carbons (Fsp3) is 0.250. The van der Waals surface area contributed by atoms with E-state index in [0.29, 0.717) is 11.4 Å². The van der Waals surface area contributed by atoms with E-state index in [1.165, 1.54) is 0 Å². The lowest BCUT2D eigenvalue weighted by atomic mass is 10.1. The summed E-state index contributed by atoms with van der Waals surface area (Å²) >= 11 is 0. The first-order valence-electron chi connectivity index (χ1n) is 9.17. The summed E-state index contributed by atoms with van der Waals surface area (Å²) in [5, 5.41) is 28.5. The number of nitro benzene ring substituents is 2. The summed E-state index contributed by atoms with van der Waals surface area (Å²) in [6.07, 6.45) is -0.467. The molecule has 0 atom stereocenters. The summed E-state index contributed by atoms with van der Waals surface area (Å²) in [5.41, 5.74) is 4.27. The second-order valence-corrected chi connectivity index (χ2v) is 6.99. The summed E-state index contributed by atoms with van der Waals surface area (Å²) in [6.45, 7) is 5.38.